The molecule has 0 unspecified atom stereocenters. The summed E-state index contributed by atoms with van der Waals surface area (Å²) >= 11 is 8.99. The Morgan fingerprint density at radius 1 is 1.11 bits per heavy atom. The molecule has 0 spiro atoms. The Labute approximate surface area is 120 Å². The highest BCUT2D eigenvalue weighted by atomic mass is 79.9. The van der Waals surface area contributed by atoms with E-state index in [1.807, 2.05) is 48.5 Å². The van der Waals surface area contributed by atoms with Crippen LogP contribution in [0.25, 0.3) is 0 Å². The number of halogens is 2. The summed E-state index contributed by atoms with van der Waals surface area (Å²) in [5, 5.41) is 0. The minimum atomic E-state index is 0.553. The fourth-order valence-corrected chi connectivity index (χ4v) is 2.19. The number of ether oxygens (including phenoxy) is 1. The molecule has 4 heteroatoms. The van der Waals surface area contributed by atoms with Gasteiger partial charge in [0.1, 0.15) is 12.4 Å². The van der Waals surface area contributed by atoms with Crippen LogP contribution in [0, 0.1) is 0 Å². The molecule has 2 aromatic carbocycles. The van der Waals surface area contributed by atoms with Gasteiger partial charge < -0.3 is 4.74 Å². The summed E-state index contributed by atoms with van der Waals surface area (Å²) in [6, 6.07) is 16.0. The lowest BCUT2D eigenvalue weighted by Gasteiger charge is -2.11. The first kappa shape index (κ1) is 13.4. The van der Waals surface area contributed by atoms with Crippen LogP contribution < -0.4 is 9.57 Å². The topological polar surface area (TPSA) is 21.3 Å². The van der Waals surface area contributed by atoms with E-state index in [4.69, 9.17) is 16.5 Å². The molecule has 2 rings (SSSR count). The number of hydrogen-bond acceptors (Lipinski definition) is 2. The van der Waals surface area contributed by atoms with Crippen molar-refractivity contribution in [1.29, 1.82) is 0 Å². The summed E-state index contributed by atoms with van der Waals surface area (Å²) in [7, 11) is 0. The quantitative estimate of drug-likeness (QED) is 0.828. The lowest BCUT2D eigenvalue weighted by Crippen LogP contribution is -2.03. The number of benzene rings is 2. The molecule has 0 amide bonds. The summed E-state index contributed by atoms with van der Waals surface area (Å²) in [6.45, 7) is 1.11. The van der Waals surface area contributed by atoms with Gasteiger partial charge in [-0.15, -0.1) is 0 Å². The zero-order valence-corrected chi connectivity index (χ0v) is 12.0. The molecule has 0 aromatic heterocycles. The Morgan fingerprint density at radius 3 is 2.61 bits per heavy atom. The van der Waals surface area contributed by atoms with Crippen LogP contribution in [0.5, 0.6) is 5.75 Å². The average Bonchev–Trinajstić information content (AvgIpc) is 2.39. The number of hydrogen-bond donors (Lipinski definition) is 1. The van der Waals surface area contributed by atoms with Crippen molar-refractivity contribution in [2.75, 3.05) is 0 Å². The predicted molar refractivity (Wildman–Crippen MR) is 77.6 cm³/mol. The first-order valence-corrected chi connectivity index (χ1v) is 6.75. The van der Waals surface area contributed by atoms with E-state index in [2.05, 4.69) is 20.8 Å². The second kappa shape index (κ2) is 6.78. The molecule has 0 aliphatic heterocycles. The van der Waals surface area contributed by atoms with Crippen molar-refractivity contribution < 1.29 is 4.74 Å². The zero-order chi connectivity index (χ0) is 12.8. The van der Waals surface area contributed by atoms with Crippen LogP contribution in [0.4, 0.5) is 0 Å². The molecule has 0 aliphatic rings. The first-order chi connectivity index (χ1) is 8.79. The van der Waals surface area contributed by atoms with E-state index in [-0.39, 0.29) is 0 Å². The molecular weight excluding hydrogens is 314 g/mol. The van der Waals surface area contributed by atoms with E-state index in [0.29, 0.717) is 13.2 Å². The van der Waals surface area contributed by atoms with Crippen LogP contribution in [0.3, 0.4) is 0 Å². The zero-order valence-electron chi connectivity index (χ0n) is 9.70. The molecule has 0 heterocycles. The molecule has 2 aromatic rings. The third-order valence-corrected chi connectivity index (χ3v) is 3.14. The second-order valence-electron chi connectivity index (χ2n) is 3.84. The summed E-state index contributed by atoms with van der Waals surface area (Å²) in [6.07, 6.45) is 0. The van der Waals surface area contributed by atoms with Crippen molar-refractivity contribution in [3.63, 3.8) is 0 Å². The smallest absolute Gasteiger partial charge is 0.124 e. The fraction of sp³-hybridized carbons (Fsp3) is 0.143. The maximum absolute atomic E-state index is 5.81. The van der Waals surface area contributed by atoms with Gasteiger partial charge in [0.2, 0.25) is 0 Å². The maximum Gasteiger partial charge on any atom is 0.124 e. The lowest BCUT2D eigenvalue weighted by molar-refractivity contribution is 0.302. The van der Waals surface area contributed by atoms with Gasteiger partial charge in [-0.2, -0.15) is 0 Å². The molecule has 0 aliphatic carbocycles. The van der Waals surface area contributed by atoms with E-state index in [1.165, 1.54) is 0 Å². The van der Waals surface area contributed by atoms with Gasteiger partial charge in [-0.3, -0.25) is 0 Å². The van der Waals surface area contributed by atoms with Crippen molar-refractivity contribution in [3.05, 3.63) is 64.1 Å². The van der Waals surface area contributed by atoms with Gasteiger partial charge >= 0.3 is 0 Å². The maximum atomic E-state index is 5.81. The van der Waals surface area contributed by atoms with Gasteiger partial charge in [0, 0.05) is 16.6 Å². The van der Waals surface area contributed by atoms with Gasteiger partial charge in [0.25, 0.3) is 0 Å². The molecule has 2 nitrogen and oxygen atoms in total. The minimum Gasteiger partial charge on any atom is -0.489 e. The van der Waals surface area contributed by atoms with Gasteiger partial charge in [-0.05, 0) is 35.5 Å². The van der Waals surface area contributed by atoms with E-state index < -0.39 is 0 Å². The Balaban J connectivity index is 2.09. The van der Waals surface area contributed by atoms with Crippen molar-refractivity contribution in [3.8, 4) is 5.75 Å². The molecule has 1 N–H and O–H groups in total. The highest BCUT2D eigenvalue weighted by Gasteiger charge is 2.04. The SMILES string of the molecule is ClNCc1cc(Br)ccc1OCc1ccccc1. The molecule has 0 saturated heterocycles. The van der Waals surface area contributed by atoms with E-state index >= 15 is 0 Å². The van der Waals surface area contributed by atoms with Gasteiger partial charge in [0.05, 0.1) is 0 Å². The highest BCUT2D eigenvalue weighted by molar-refractivity contribution is 9.10. The van der Waals surface area contributed by atoms with E-state index in [1.54, 1.807) is 0 Å². The van der Waals surface area contributed by atoms with E-state index in [9.17, 15) is 0 Å². The monoisotopic (exact) mass is 325 g/mol. The molecule has 0 atom stereocenters. The highest BCUT2D eigenvalue weighted by Crippen LogP contribution is 2.24. The third-order valence-electron chi connectivity index (χ3n) is 2.52. The normalized spacial score (nSPS) is 10.3. The third kappa shape index (κ3) is 3.73. The second-order valence-corrected chi connectivity index (χ2v) is 5.02. The van der Waals surface area contributed by atoms with E-state index in [0.717, 1.165) is 21.3 Å². The fourth-order valence-electron chi connectivity index (χ4n) is 1.63. The Bertz CT molecular complexity index is 504. The molecule has 0 radical (unpaired) electrons. The van der Waals surface area contributed by atoms with Crippen LogP contribution >= 0.6 is 27.7 Å². The van der Waals surface area contributed by atoms with Crippen molar-refractivity contribution in [1.82, 2.24) is 4.84 Å². The van der Waals surface area contributed by atoms with Crippen LogP contribution in [-0.2, 0) is 13.2 Å². The summed E-state index contributed by atoms with van der Waals surface area (Å²) in [5.74, 6) is 0.843. The van der Waals surface area contributed by atoms with Crippen LogP contribution in [0.2, 0.25) is 0 Å². The van der Waals surface area contributed by atoms with Crippen molar-refractivity contribution >= 4 is 27.7 Å². The summed E-state index contributed by atoms with van der Waals surface area (Å²) < 4.78 is 6.82. The number of rotatable bonds is 5. The molecule has 0 bridgehead atoms. The summed E-state index contributed by atoms with van der Waals surface area (Å²) in [4.78, 5) is 2.62. The Morgan fingerprint density at radius 2 is 1.89 bits per heavy atom. The predicted octanol–water partition coefficient (Wildman–Crippen LogP) is 4.27. The molecule has 18 heavy (non-hydrogen) atoms. The van der Waals surface area contributed by atoms with Crippen molar-refractivity contribution in [2.24, 2.45) is 0 Å². The average molecular weight is 327 g/mol. The largest absolute Gasteiger partial charge is 0.489 e. The minimum absolute atomic E-state index is 0.553. The molecular formula is C14H13BrClNO. The van der Waals surface area contributed by atoms with Crippen LogP contribution in [-0.4, -0.2) is 0 Å². The standard InChI is InChI=1S/C14H13BrClNO/c15-13-6-7-14(12(8-13)9-17-16)18-10-11-4-2-1-3-5-11/h1-8,17H,9-10H2. The summed E-state index contributed by atoms with van der Waals surface area (Å²) in [5.41, 5.74) is 2.17. The van der Waals surface area contributed by atoms with Gasteiger partial charge in [0.15, 0.2) is 0 Å². The lowest BCUT2D eigenvalue weighted by atomic mass is 10.2. The van der Waals surface area contributed by atoms with Gasteiger partial charge in [-0.25, -0.2) is 4.84 Å². The van der Waals surface area contributed by atoms with Crippen LogP contribution in [0.1, 0.15) is 11.1 Å². The molecule has 0 fully saturated rings. The first-order valence-electron chi connectivity index (χ1n) is 5.58. The Kier molecular flexibility index (Phi) is 5.05. The van der Waals surface area contributed by atoms with Crippen molar-refractivity contribution in [2.45, 2.75) is 13.2 Å². The van der Waals surface area contributed by atoms with Crippen LogP contribution in [0.15, 0.2) is 53.0 Å². The molecule has 94 valence electrons. The van der Waals surface area contributed by atoms with Gasteiger partial charge in [-0.1, -0.05) is 46.3 Å². The number of nitrogens with one attached hydrogen (secondary N) is 1. The Hall–Kier alpha value is -1.03. The molecule has 0 saturated carbocycles.